The summed E-state index contributed by atoms with van der Waals surface area (Å²) in [6, 6.07) is 0. The summed E-state index contributed by atoms with van der Waals surface area (Å²) in [5.41, 5.74) is 8.62. The van der Waals surface area contributed by atoms with Gasteiger partial charge in [0.2, 0.25) is 0 Å². The van der Waals surface area contributed by atoms with E-state index in [2.05, 4.69) is 15.5 Å². The van der Waals surface area contributed by atoms with E-state index in [1.54, 1.807) is 11.0 Å². The van der Waals surface area contributed by atoms with Crippen molar-refractivity contribution in [3.05, 3.63) is 40.2 Å². The maximum absolute atomic E-state index is 13.7. The summed E-state index contributed by atoms with van der Waals surface area (Å²) in [5, 5.41) is 10.5. The van der Waals surface area contributed by atoms with Gasteiger partial charge in [0, 0.05) is 55.0 Å². The number of carbonyl (C=O) groups is 1. The predicted octanol–water partition coefficient (Wildman–Crippen LogP) is 4.25. The number of likely N-dealkylation sites (tertiary alicyclic amines) is 1. The summed E-state index contributed by atoms with van der Waals surface area (Å²) < 4.78 is 41.2. The quantitative estimate of drug-likeness (QED) is 0.592. The number of carbonyl (C=O) groups excluding carboxylic acids is 1. The SMILES string of the molecule is CC.N[C@@]12CCC(C3=C(C(F)(F)F)CCCC=C3)C[C@@H]1CN(C(=O)c1n[nH]c3c1CNCC3)C2. The van der Waals surface area contributed by atoms with Crippen molar-refractivity contribution in [1.29, 1.82) is 0 Å². The smallest absolute Gasteiger partial charge is 0.335 e. The fourth-order valence-corrected chi connectivity index (χ4v) is 6.02. The van der Waals surface area contributed by atoms with Crippen LogP contribution >= 0.6 is 0 Å². The highest BCUT2D eigenvalue weighted by Gasteiger charge is 2.50. The first-order valence-corrected chi connectivity index (χ1v) is 12.6. The van der Waals surface area contributed by atoms with E-state index in [0.717, 1.165) is 24.2 Å². The van der Waals surface area contributed by atoms with Gasteiger partial charge in [-0.2, -0.15) is 18.3 Å². The van der Waals surface area contributed by atoms with Gasteiger partial charge in [0.25, 0.3) is 5.91 Å². The highest BCUT2D eigenvalue weighted by molar-refractivity contribution is 5.94. The van der Waals surface area contributed by atoms with Crippen LogP contribution in [0.15, 0.2) is 23.3 Å². The molecule has 4 N–H and O–H groups in total. The first-order chi connectivity index (χ1) is 16.3. The number of fused-ring (bicyclic) bond motifs is 2. The molecule has 2 aliphatic heterocycles. The molecule has 0 bridgehead atoms. The third-order valence-electron chi connectivity index (χ3n) is 7.79. The summed E-state index contributed by atoms with van der Waals surface area (Å²) in [4.78, 5) is 15.0. The Morgan fingerprint density at radius 3 is 2.85 bits per heavy atom. The van der Waals surface area contributed by atoms with Crippen molar-refractivity contribution >= 4 is 5.91 Å². The lowest BCUT2D eigenvalue weighted by Crippen LogP contribution is -2.51. The van der Waals surface area contributed by atoms with Crippen molar-refractivity contribution in [3.8, 4) is 0 Å². The summed E-state index contributed by atoms with van der Waals surface area (Å²) in [7, 11) is 0. The van der Waals surface area contributed by atoms with Gasteiger partial charge in [-0.05, 0) is 55.9 Å². The van der Waals surface area contributed by atoms with Crippen LogP contribution in [0.5, 0.6) is 0 Å². The zero-order valence-electron chi connectivity index (χ0n) is 20.1. The molecular weight excluding hydrogens is 443 g/mol. The van der Waals surface area contributed by atoms with Crippen LogP contribution in [0, 0.1) is 11.8 Å². The average Bonchev–Trinajstić information content (AvgIpc) is 3.30. The monoisotopic (exact) mass is 479 g/mol. The number of aromatic amines is 1. The second kappa shape index (κ2) is 9.85. The van der Waals surface area contributed by atoms with E-state index in [0.29, 0.717) is 63.0 Å². The average molecular weight is 480 g/mol. The summed E-state index contributed by atoms with van der Waals surface area (Å²) in [6.07, 6.45) is 3.18. The largest absolute Gasteiger partial charge is 0.412 e. The zero-order valence-corrected chi connectivity index (χ0v) is 20.1. The Morgan fingerprint density at radius 1 is 1.29 bits per heavy atom. The van der Waals surface area contributed by atoms with Gasteiger partial charge < -0.3 is 16.0 Å². The molecule has 2 aliphatic carbocycles. The number of nitrogens with zero attached hydrogens (tertiary/aromatic N) is 2. The third kappa shape index (κ3) is 4.69. The van der Waals surface area contributed by atoms with E-state index in [1.807, 2.05) is 19.9 Å². The number of hydrogen-bond donors (Lipinski definition) is 3. The second-order valence-corrected chi connectivity index (χ2v) is 9.77. The Labute approximate surface area is 199 Å². The molecule has 9 heteroatoms. The Balaban J connectivity index is 0.00000133. The van der Waals surface area contributed by atoms with E-state index in [4.69, 9.17) is 5.73 Å². The van der Waals surface area contributed by atoms with Crippen molar-refractivity contribution < 1.29 is 18.0 Å². The predicted molar refractivity (Wildman–Crippen MR) is 125 cm³/mol. The minimum atomic E-state index is -4.30. The number of amides is 1. The van der Waals surface area contributed by atoms with Crippen molar-refractivity contribution in [2.45, 2.75) is 77.1 Å². The molecule has 0 radical (unpaired) electrons. The molecule has 1 saturated carbocycles. The molecule has 1 aromatic rings. The van der Waals surface area contributed by atoms with Gasteiger partial charge in [-0.1, -0.05) is 26.0 Å². The number of nitrogens with two attached hydrogens (primary N) is 1. The molecule has 0 spiro atoms. The first kappa shape index (κ1) is 25.0. The van der Waals surface area contributed by atoms with Crippen LogP contribution in [0.4, 0.5) is 13.2 Å². The number of hydrogen-bond acceptors (Lipinski definition) is 4. The highest BCUT2D eigenvalue weighted by atomic mass is 19.4. The highest BCUT2D eigenvalue weighted by Crippen LogP contribution is 2.47. The second-order valence-electron chi connectivity index (χ2n) is 9.77. The molecule has 1 amide bonds. The number of allylic oxidation sites excluding steroid dienone is 4. The molecule has 1 unspecified atom stereocenters. The van der Waals surface area contributed by atoms with Gasteiger partial charge in [0.05, 0.1) is 0 Å². The van der Waals surface area contributed by atoms with Crippen LogP contribution in [0.1, 0.15) is 74.1 Å². The van der Waals surface area contributed by atoms with Gasteiger partial charge in [0.15, 0.2) is 5.69 Å². The topological polar surface area (TPSA) is 87.0 Å². The van der Waals surface area contributed by atoms with Gasteiger partial charge >= 0.3 is 6.18 Å². The Bertz CT molecular complexity index is 966. The summed E-state index contributed by atoms with van der Waals surface area (Å²) in [5.74, 6) is -0.316. The lowest BCUT2D eigenvalue weighted by atomic mass is 9.68. The molecule has 4 aliphatic rings. The molecule has 3 atom stereocenters. The maximum Gasteiger partial charge on any atom is 0.412 e. The van der Waals surface area contributed by atoms with E-state index < -0.39 is 11.7 Å². The first-order valence-electron chi connectivity index (χ1n) is 12.6. The lowest BCUT2D eigenvalue weighted by molar-refractivity contribution is -0.0953. The number of nitrogens with one attached hydrogen (secondary N) is 2. The molecule has 2 fully saturated rings. The van der Waals surface area contributed by atoms with Crippen LogP contribution in [-0.2, 0) is 13.0 Å². The summed E-state index contributed by atoms with van der Waals surface area (Å²) >= 11 is 0. The van der Waals surface area contributed by atoms with Crippen LogP contribution in [-0.4, -0.2) is 52.4 Å². The molecule has 34 heavy (non-hydrogen) atoms. The van der Waals surface area contributed by atoms with Crippen LogP contribution in [0.3, 0.4) is 0 Å². The van der Waals surface area contributed by atoms with Crippen molar-refractivity contribution in [3.63, 3.8) is 0 Å². The number of halogens is 3. The van der Waals surface area contributed by atoms with Crippen molar-refractivity contribution in [1.82, 2.24) is 20.4 Å². The summed E-state index contributed by atoms with van der Waals surface area (Å²) in [6.45, 7) is 6.37. The Morgan fingerprint density at radius 2 is 2.09 bits per heavy atom. The molecule has 6 nitrogen and oxygen atoms in total. The van der Waals surface area contributed by atoms with E-state index in [9.17, 15) is 18.0 Å². The molecule has 1 aromatic heterocycles. The van der Waals surface area contributed by atoms with Crippen LogP contribution in [0.25, 0.3) is 0 Å². The fraction of sp³-hybridized carbons (Fsp3) is 0.680. The van der Waals surface area contributed by atoms with Gasteiger partial charge in [-0.3, -0.25) is 9.89 Å². The molecule has 3 heterocycles. The number of rotatable bonds is 2. The number of H-pyrrole nitrogens is 1. The molecule has 5 rings (SSSR count). The van der Waals surface area contributed by atoms with E-state index in [-0.39, 0.29) is 29.7 Å². The zero-order chi connectivity index (χ0) is 24.5. The standard InChI is InChI=1S/C23H30F3N5O.C2H6/c24-23(25,26)18-5-3-1-2-4-16(18)14-6-8-22(27)13-31(12-15(22)10-14)21(32)20-17-11-28-9-7-19(17)29-30-20;1-2/h2,4,14-15,28H,1,3,5-13,27H2,(H,29,30);1-2H3/t14?,15-,22-;/m1./s1. The normalized spacial score (nSPS) is 29.2. The van der Waals surface area contributed by atoms with Crippen molar-refractivity contribution in [2.75, 3.05) is 19.6 Å². The lowest BCUT2D eigenvalue weighted by Gasteiger charge is -2.39. The minimum Gasteiger partial charge on any atom is -0.335 e. The fourth-order valence-electron chi connectivity index (χ4n) is 6.02. The molecule has 1 saturated heterocycles. The van der Waals surface area contributed by atoms with E-state index >= 15 is 0 Å². The van der Waals surface area contributed by atoms with Gasteiger partial charge in [0.1, 0.15) is 0 Å². The van der Waals surface area contributed by atoms with Crippen LogP contribution in [0.2, 0.25) is 0 Å². The number of alkyl halides is 3. The van der Waals surface area contributed by atoms with Crippen LogP contribution < -0.4 is 11.1 Å². The third-order valence-corrected chi connectivity index (χ3v) is 7.79. The molecule has 0 aromatic carbocycles. The minimum absolute atomic E-state index is 0.0169. The molecular formula is C25H36F3N5O. The van der Waals surface area contributed by atoms with Gasteiger partial charge in [-0.15, -0.1) is 0 Å². The Kier molecular flexibility index (Phi) is 7.24. The van der Waals surface area contributed by atoms with Gasteiger partial charge in [-0.25, -0.2) is 0 Å². The molecule has 188 valence electrons. The van der Waals surface area contributed by atoms with E-state index in [1.165, 1.54) is 0 Å². The van der Waals surface area contributed by atoms with Crippen molar-refractivity contribution in [2.24, 2.45) is 17.6 Å². The maximum atomic E-state index is 13.7. The number of aromatic nitrogens is 2. The Hall–Kier alpha value is -2.13.